The summed E-state index contributed by atoms with van der Waals surface area (Å²) in [5.74, 6) is 0. The van der Waals surface area contributed by atoms with E-state index in [0.29, 0.717) is 0 Å². The number of hydrogen-bond acceptors (Lipinski definition) is 0. The van der Waals surface area contributed by atoms with Crippen LogP contribution in [-0.2, 0) is 19.3 Å². The molecule has 0 fully saturated rings. The lowest BCUT2D eigenvalue weighted by Gasteiger charge is -2.24. The quantitative estimate of drug-likeness (QED) is 0.167. The van der Waals surface area contributed by atoms with Gasteiger partial charge in [-0.2, -0.15) is 0 Å². The van der Waals surface area contributed by atoms with Crippen molar-refractivity contribution in [1.82, 2.24) is 0 Å². The minimum Gasteiger partial charge on any atom is -0.0836 e. The van der Waals surface area contributed by atoms with Crippen molar-refractivity contribution in [3.05, 3.63) is 174 Å². The molecule has 48 heavy (non-hydrogen) atoms. The van der Waals surface area contributed by atoms with Crippen LogP contribution in [0, 0.1) is 0 Å². The van der Waals surface area contributed by atoms with Crippen molar-refractivity contribution in [2.75, 3.05) is 0 Å². The van der Waals surface area contributed by atoms with Crippen LogP contribution in [0.4, 0.5) is 0 Å². The predicted molar refractivity (Wildman–Crippen MR) is 207 cm³/mol. The fourth-order valence-corrected chi connectivity index (χ4v) is 7.84. The monoisotopic (exact) mass is 616 g/mol. The molecule has 0 unspecified atom stereocenters. The van der Waals surface area contributed by atoms with Gasteiger partial charge in [-0.15, -0.1) is 0 Å². The fourth-order valence-electron chi connectivity index (χ4n) is 7.84. The van der Waals surface area contributed by atoms with Crippen molar-refractivity contribution < 1.29 is 0 Å². The van der Waals surface area contributed by atoms with E-state index in [1.807, 2.05) is 0 Å². The second-order valence-electron chi connectivity index (χ2n) is 12.9. The molecule has 0 aromatic heterocycles. The molecular weight excluding hydrogens is 577 g/mol. The zero-order chi connectivity index (χ0) is 32.5. The Bertz CT molecular complexity index is 2280. The van der Waals surface area contributed by atoms with Gasteiger partial charge in [0.05, 0.1) is 0 Å². The zero-order valence-corrected chi connectivity index (χ0v) is 27.8. The van der Waals surface area contributed by atoms with Gasteiger partial charge in [0.25, 0.3) is 0 Å². The molecule has 0 atom stereocenters. The first kappa shape index (κ1) is 29.9. The van der Waals surface area contributed by atoms with Crippen molar-refractivity contribution in [2.24, 2.45) is 0 Å². The Labute approximate surface area is 285 Å². The van der Waals surface area contributed by atoms with Crippen LogP contribution >= 0.6 is 0 Å². The van der Waals surface area contributed by atoms with E-state index in [1.54, 1.807) is 0 Å². The van der Waals surface area contributed by atoms with Crippen molar-refractivity contribution in [3.63, 3.8) is 0 Å². The first-order valence-electron chi connectivity index (χ1n) is 17.5. The molecule has 0 heteroatoms. The molecule has 1 aliphatic rings. The summed E-state index contributed by atoms with van der Waals surface area (Å²) < 4.78 is 0. The smallest absolute Gasteiger partial charge is 0.00296 e. The number of aryl methyl sites for hydroxylation is 2. The summed E-state index contributed by atoms with van der Waals surface area (Å²) in [5.41, 5.74) is 18.7. The first-order valence-corrected chi connectivity index (χ1v) is 17.5. The van der Waals surface area contributed by atoms with E-state index in [9.17, 15) is 0 Å². The van der Waals surface area contributed by atoms with Crippen LogP contribution < -0.4 is 0 Å². The molecule has 0 nitrogen and oxygen atoms in total. The first-order chi connectivity index (χ1) is 23.7. The normalized spacial score (nSPS) is 12.3. The highest BCUT2D eigenvalue weighted by atomic mass is 14.3. The molecule has 0 bridgehead atoms. The number of benzene rings is 7. The van der Waals surface area contributed by atoms with Gasteiger partial charge in [-0.05, 0) is 114 Å². The van der Waals surface area contributed by atoms with Crippen molar-refractivity contribution in [2.45, 2.75) is 39.5 Å². The van der Waals surface area contributed by atoms with E-state index in [-0.39, 0.29) is 0 Å². The molecule has 0 heterocycles. The minimum atomic E-state index is 0.995. The maximum absolute atomic E-state index is 2.46. The molecule has 7 aromatic carbocycles. The molecule has 0 N–H and O–H groups in total. The minimum absolute atomic E-state index is 0.995. The Kier molecular flexibility index (Phi) is 8.08. The van der Waals surface area contributed by atoms with Crippen LogP contribution in [0.3, 0.4) is 0 Å². The van der Waals surface area contributed by atoms with E-state index >= 15 is 0 Å². The van der Waals surface area contributed by atoms with Crippen molar-refractivity contribution in [3.8, 4) is 55.6 Å². The van der Waals surface area contributed by atoms with Crippen LogP contribution in [0.1, 0.15) is 42.5 Å². The lowest BCUT2D eigenvalue weighted by atomic mass is 9.79. The van der Waals surface area contributed by atoms with Gasteiger partial charge in [-0.25, -0.2) is 0 Å². The van der Waals surface area contributed by atoms with E-state index in [0.717, 1.165) is 25.7 Å². The zero-order valence-electron chi connectivity index (χ0n) is 27.8. The molecule has 0 saturated heterocycles. The Morgan fingerprint density at radius 1 is 0.438 bits per heavy atom. The fraction of sp³-hybridized carbons (Fsp3) is 0.125. The third-order valence-electron chi connectivity index (χ3n) is 10.2. The SMILES string of the molecule is CCc1ccccc1-c1ccc(-c2c3c(c(-c4ccc(-c5ccccc5-c5ccccc5)cc4)c4ccccc24)CCC=C3)cc1CC. The average Bonchev–Trinajstić information content (AvgIpc) is 3.17. The van der Waals surface area contributed by atoms with Gasteiger partial charge in [0, 0.05) is 0 Å². The van der Waals surface area contributed by atoms with Crippen LogP contribution in [0.15, 0.2) is 152 Å². The summed E-state index contributed by atoms with van der Waals surface area (Å²) in [6, 6.07) is 53.9. The van der Waals surface area contributed by atoms with Gasteiger partial charge < -0.3 is 0 Å². The van der Waals surface area contributed by atoms with E-state index in [4.69, 9.17) is 0 Å². The van der Waals surface area contributed by atoms with Crippen molar-refractivity contribution in [1.29, 1.82) is 0 Å². The van der Waals surface area contributed by atoms with E-state index in [1.165, 1.54) is 88.7 Å². The summed E-state index contributed by atoms with van der Waals surface area (Å²) in [4.78, 5) is 0. The lowest BCUT2D eigenvalue weighted by Crippen LogP contribution is -2.03. The second kappa shape index (κ2) is 13.0. The molecule has 0 spiro atoms. The van der Waals surface area contributed by atoms with E-state index in [2.05, 4.69) is 172 Å². The van der Waals surface area contributed by atoms with Crippen LogP contribution in [0.25, 0.3) is 72.5 Å². The topological polar surface area (TPSA) is 0 Å². The molecule has 7 aromatic rings. The van der Waals surface area contributed by atoms with Gasteiger partial charge in [0.1, 0.15) is 0 Å². The Balaban J connectivity index is 1.28. The highest BCUT2D eigenvalue weighted by Crippen LogP contribution is 2.46. The molecule has 8 rings (SSSR count). The summed E-state index contributed by atoms with van der Waals surface area (Å²) in [7, 11) is 0. The summed E-state index contributed by atoms with van der Waals surface area (Å²) in [6.45, 7) is 4.54. The maximum atomic E-state index is 2.46. The van der Waals surface area contributed by atoms with E-state index < -0.39 is 0 Å². The molecule has 232 valence electrons. The third kappa shape index (κ3) is 5.28. The highest BCUT2D eigenvalue weighted by molar-refractivity contribution is 6.10. The molecule has 1 aliphatic carbocycles. The Morgan fingerprint density at radius 3 is 1.69 bits per heavy atom. The highest BCUT2D eigenvalue weighted by Gasteiger charge is 2.22. The largest absolute Gasteiger partial charge is 0.0836 e. The lowest BCUT2D eigenvalue weighted by molar-refractivity contribution is 0.991. The van der Waals surface area contributed by atoms with Gasteiger partial charge in [-0.3, -0.25) is 0 Å². The second-order valence-corrected chi connectivity index (χ2v) is 12.9. The maximum Gasteiger partial charge on any atom is -0.00296 e. The molecule has 0 saturated carbocycles. The number of hydrogen-bond donors (Lipinski definition) is 0. The standard InChI is InChI=1S/C48H40/c1-3-33-16-8-9-19-39(33)42-31-30-38(32-34(42)4-2)48-45-24-14-12-22-43(45)47(44-23-13-15-25-46(44)48)37-28-26-36(27-29-37)41-21-11-10-20-40(41)35-17-6-5-7-18-35/h5-12,14-22,24-32H,3-4,13,23H2,1-2H3. The number of fused-ring (bicyclic) bond motifs is 2. The third-order valence-corrected chi connectivity index (χ3v) is 10.2. The van der Waals surface area contributed by atoms with Gasteiger partial charge in [-0.1, -0.05) is 172 Å². The van der Waals surface area contributed by atoms with Crippen LogP contribution in [-0.4, -0.2) is 0 Å². The van der Waals surface area contributed by atoms with Crippen molar-refractivity contribution >= 4 is 16.8 Å². The van der Waals surface area contributed by atoms with Gasteiger partial charge in [0.15, 0.2) is 0 Å². The molecule has 0 amide bonds. The predicted octanol–water partition coefficient (Wildman–Crippen LogP) is 13.3. The summed E-state index contributed by atoms with van der Waals surface area (Å²) in [6.07, 6.45) is 8.88. The molecule has 0 radical (unpaired) electrons. The van der Waals surface area contributed by atoms with Gasteiger partial charge >= 0.3 is 0 Å². The average molecular weight is 617 g/mol. The summed E-state index contributed by atoms with van der Waals surface area (Å²) >= 11 is 0. The van der Waals surface area contributed by atoms with Gasteiger partial charge in [0.2, 0.25) is 0 Å². The molecular formula is C48H40. The van der Waals surface area contributed by atoms with Crippen LogP contribution in [0.5, 0.6) is 0 Å². The van der Waals surface area contributed by atoms with Crippen LogP contribution in [0.2, 0.25) is 0 Å². The Morgan fingerprint density at radius 2 is 0.979 bits per heavy atom. The summed E-state index contributed by atoms with van der Waals surface area (Å²) in [5, 5.41) is 2.65. The Hall–Kier alpha value is -5.46. The number of rotatable bonds is 7. The molecule has 0 aliphatic heterocycles. The number of allylic oxidation sites excluding steroid dienone is 1.